The number of thiazole rings is 1. The van der Waals surface area contributed by atoms with Gasteiger partial charge in [-0.15, -0.1) is 17.9 Å². The lowest BCUT2D eigenvalue weighted by Gasteiger charge is -2.01. The zero-order valence-corrected chi connectivity index (χ0v) is 11.9. The van der Waals surface area contributed by atoms with Crippen molar-refractivity contribution in [2.24, 2.45) is 0 Å². The van der Waals surface area contributed by atoms with Gasteiger partial charge < -0.3 is 10.1 Å². The van der Waals surface area contributed by atoms with Gasteiger partial charge in [0.05, 0.1) is 17.8 Å². The van der Waals surface area contributed by atoms with E-state index in [1.54, 1.807) is 18.4 Å². The summed E-state index contributed by atoms with van der Waals surface area (Å²) in [5, 5.41) is 6.52. The first-order valence-electron chi connectivity index (χ1n) is 6.24. The van der Waals surface area contributed by atoms with Crippen molar-refractivity contribution < 1.29 is 4.74 Å². The molecule has 4 heteroatoms. The quantitative estimate of drug-likeness (QED) is 0.622. The minimum atomic E-state index is 0.841. The smallest absolute Gasteiger partial charge is 0.119 e. The second-order valence-corrected chi connectivity index (χ2v) is 5.04. The van der Waals surface area contributed by atoms with Gasteiger partial charge in [0, 0.05) is 30.5 Å². The lowest BCUT2D eigenvalue weighted by atomic mass is 10.2. The largest absolute Gasteiger partial charge is 0.497 e. The minimum absolute atomic E-state index is 0.841. The molecule has 2 rings (SSSR count). The molecule has 0 spiro atoms. The van der Waals surface area contributed by atoms with E-state index >= 15 is 0 Å². The Hall–Kier alpha value is -1.65. The molecule has 0 saturated carbocycles. The molecule has 0 atom stereocenters. The van der Waals surface area contributed by atoms with E-state index in [1.165, 1.54) is 0 Å². The molecule has 1 aromatic heterocycles. The zero-order chi connectivity index (χ0) is 13.5. The Bertz CT molecular complexity index is 536. The van der Waals surface area contributed by atoms with Gasteiger partial charge in [-0.1, -0.05) is 18.2 Å². The molecule has 0 aliphatic rings. The molecular weight excluding hydrogens is 256 g/mol. The normalized spacial score (nSPS) is 10.4. The summed E-state index contributed by atoms with van der Waals surface area (Å²) in [4.78, 5) is 4.65. The highest BCUT2D eigenvalue weighted by atomic mass is 32.1. The summed E-state index contributed by atoms with van der Waals surface area (Å²) < 4.78 is 5.23. The first kappa shape index (κ1) is 13.8. The summed E-state index contributed by atoms with van der Waals surface area (Å²) >= 11 is 1.70. The highest BCUT2D eigenvalue weighted by Gasteiger charge is 2.05. The zero-order valence-electron chi connectivity index (χ0n) is 11.1. The van der Waals surface area contributed by atoms with E-state index in [-0.39, 0.29) is 0 Å². The molecule has 0 bridgehead atoms. The van der Waals surface area contributed by atoms with Crippen molar-refractivity contribution in [1.82, 2.24) is 10.3 Å². The maximum Gasteiger partial charge on any atom is 0.119 e. The first-order valence-corrected chi connectivity index (χ1v) is 7.12. The monoisotopic (exact) mass is 274 g/mol. The summed E-state index contributed by atoms with van der Waals surface area (Å²) in [5.74, 6) is 0.861. The highest BCUT2D eigenvalue weighted by Crippen LogP contribution is 2.25. The predicted molar refractivity (Wildman–Crippen MR) is 80.9 cm³/mol. The molecule has 3 nitrogen and oxygen atoms in total. The average Bonchev–Trinajstić information content (AvgIpc) is 2.92. The number of hydrogen-bond donors (Lipinski definition) is 1. The second-order valence-electron chi connectivity index (χ2n) is 4.10. The van der Waals surface area contributed by atoms with Crippen LogP contribution in [0.15, 0.2) is 42.3 Å². The summed E-state index contributed by atoms with van der Waals surface area (Å²) in [6.07, 6.45) is 2.81. The molecule has 100 valence electrons. The fourth-order valence-corrected chi connectivity index (χ4v) is 2.55. The fourth-order valence-electron chi connectivity index (χ4n) is 1.74. The van der Waals surface area contributed by atoms with Crippen molar-refractivity contribution in [3.8, 4) is 17.0 Å². The molecule has 0 unspecified atom stereocenters. The molecule has 0 fully saturated rings. The molecule has 0 saturated heterocycles. The van der Waals surface area contributed by atoms with Gasteiger partial charge in [0.2, 0.25) is 0 Å². The summed E-state index contributed by atoms with van der Waals surface area (Å²) in [5.41, 5.74) is 2.11. The van der Waals surface area contributed by atoms with E-state index in [0.29, 0.717) is 0 Å². The molecule has 1 N–H and O–H groups in total. The molecule has 2 aromatic rings. The van der Waals surface area contributed by atoms with Crippen LogP contribution in [-0.4, -0.2) is 25.2 Å². The molecule has 1 aromatic carbocycles. The lowest BCUT2D eigenvalue weighted by Crippen LogP contribution is -2.16. The lowest BCUT2D eigenvalue weighted by molar-refractivity contribution is 0.415. The molecule has 1 heterocycles. The number of ether oxygens (including phenoxy) is 1. The number of hydrogen-bond acceptors (Lipinski definition) is 4. The second kappa shape index (κ2) is 7.07. The van der Waals surface area contributed by atoms with Crippen LogP contribution < -0.4 is 10.1 Å². The molecular formula is C15H18N2OS. The third-order valence-corrected chi connectivity index (χ3v) is 3.63. The molecule has 0 amide bonds. The van der Waals surface area contributed by atoms with Gasteiger partial charge in [0.25, 0.3) is 0 Å². The van der Waals surface area contributed by atoms with Gasteiger partial charge in [-0.2, -0.15) is 0 Å². The van der Waals surface area contributed by atoms with Crippen LogP contribution in [-0.2, 0) is 6.42 Å². The van der Waals surface area contributed by atoms with Gasteiger partial charge in [0.1, 0.15) is 5.75 Å². The number of nitrogens with one attached hydrogen (secondary N) is 1. The van der Waals surface area contributed by atoms with Crippen LogP contribution in [0, 0.1) is 0 Å². The van der Waals surface area contributed by atoms with Crippen molar-refractivity contribution >= 4 is 11.3 Å². The standard InChI is InChI=1S/C15H18N2OS/c1-3-8-16-9-7-15-17-14(11-19-15)12-5-4-6-13(10-12)18-2/h3-6,10-11,16H,1,7-9H2,2H3. The molecule has 0 aliphatic heterocycles. The third kappa shape index (κ3) is 3.91. The van der Waals surface area contributed by atoms with Crippen molar-refractivity contribution in [2.75, 3.05) is 20.2 Å². The topological polar surface area (TPSA) is 34.2 Å². The third-order valence-electron chi connectivity index (χ3n) is 2.72. The van der Waals surface area contributed by atoms with Gasteiger partial charge in [-0.3, -0.25) is 0 Å². The van der Waals surface area contributed by atoms with E-state index < -0.39 is 0 Å². The number of aromatic nitrogens is 1. The Morgan fingerprint density at radius 2 is 2.37 bits per heavy atom. The number of methoxy groups -OCH3 is 1. The van der Waals surface area contributed by atoms with Gasteiger partial charge in [-0.25, -0.2) is 4.98 Å². The van der Waals surface area contributed by atoms with Gasteiger partial charge in [0.15, 0.2) is 0 Å². The predicted octanol–water partition coefficient (Wildman–Crippen LogP) is 3.14. The number of benzene rings is 1. The Balaban J connectivity index is 2.01. The molecule has 19 heavy (non-hydrogen) atoms. The summed E-state index contributed by atoms with van der Waals surface area (Å²) in [6.45, 7) is 5.45. The van der Waals surface area contributed by atoms with Crippen LogP contribution in [0.25, 0.3) is 11.3 Å². The van der Waals surface area contributed by atoms with E-state index in [0.717, 1.165) is 41.5 Å². The Morgan fingerprint density at radius 1 is 1.47 bits per heavy atom. The number of rotatable bonds is 7. The maximum absolute atomic E-state index is 5.23. The van der Waals surface area contributed by atoms with Crippen LogP contribution in [0.5, 0.6) is 5.75 Å². The maximum atomic E-state index is 5.23. The van der Waals surface area contributed by atoms with Crippen molar-refractivity contribution in [3.05, 3.63) is 47.3 Å². The van der Waals surface area contributed by atoms with Crippen molar-refractivity contribution in [1.29, 1.82) is 0 Å². The van der Waals surface area contributed by atoms with Crippen LogP contribution in [0.4, 0.5) is 0 Å². The SMILES string of the molecule is C=CCNCCc1nc(-c2cccc(OC)c2)cs1. The Labute approximate surface area is 118 Å². The summed E-state index contributed by atoms with van der Waals surface area (Å²) in [7, 11) is 1.68. The number of nitrogens with zero attached hydrogens (tertiary/aromatic N) is 1. The van der Waals surface area contributed by atoms with E-state index in [9.17, 15) is 0 Å². The molecule has 0 aliphatic carbocycles. The highest BCUT2D eigenvalue weighted by molar-refractivity contribution is 7.09. The van der Waals surface area contributed by atoms with E-state index in [4.69, 9.17) is 4.74 Å². The van der Waals surface area contributed by atoms with Crippen molar-refractivity contribution in [3.63, 3.8) is 0 Å². The average molecular weight is 274 g/mol. The fraction of sp³-hybridized carbons (Fsp3) is 0.267. The molecule has 0 radical (unpaired) electrons. The minimum Gasteiger partial charge on any atom is -0.497 e. The summed E-state index contributed by atoms with van der Waals surface area (Å²) in [6, 6.07) is 7.99. The van der Waals surface area contributed by atoms with Gasteiger partial charge >= 0.3 is 0 Å². The first-order chi connectivity index (χ1) is 9.33. The Morgan fingerprint density at radius 3 is 3.16 bits per heavy atom. The van der Waals surface area contributed by atoms with Crippen LogP contribution in [0.1, 0.15) is 5.01 Å². The van der Waals surface area contributed by atoms with E-state index in [2.05, 4.69) is 28.3 Å². The van der Waals surface area contributed by atoms with Crippen LogP contribution in [0.3, 0.4) is 0 Å². The van der Waals surface area contributed by atoms with Crippen LogP contribution in [0.2, 0.25) is 0 Å². The van der Waals surface area contributed by atoms with Crippen molar-refractivity contribution in [2.45, 2.75) is 6.42 Å². The Kier molecular flexibility index (Phi) is 5.12. The van der Waals surface area contributed by atoms with Gasteiger partial charge in [-0.05, 0) is 12.1 Å². The van der Waals surface area contributed by atoms with E-state index in [1.807, 2.05) is 24.3 Å². The van der Waals surface area contributed by atoms with Crippen LogP contribution >= 0.6 is 11.3 Å².